The van der Waals surface area contributed by atoms with E-state index >= 15 is 0 Å². The van der Waals surface area contributed by atoms with Crippen LogP contribution in [0.15, 0.2) is 12.2 Å². The van der Waals surface area contributed by atoms with E-state index in [0.29, 0.717) is 6.61 Å². The Hall–Kier alpha value is 0.316. The predicted octanol–water partition coefficient (Wildman–Crippen LogP) is 2.77. The van der Waals surface area contributed by atoms with E-state index in [1.165, 1.54) is 77.0 Å². The van der Waals surface area contributed by atoms with Gasteiger partial charge in [-0.2, -0.15) is 0 Å². The Balaban J connectivity index is -0.00000264. The number of hydrogen-bond acceptors (Lipinski definition) is 3. The fourth-order valence-electron chi connectivity index (χ4n) is 2.66. The molecule has 0 aromatic heterocycles. The van der Waals surface area contributed by atoms with Crippen molar-refractivity contribution in [3.05, 3.63) is 12.2 Å². The summed E-state index contributed by atoms with van der Waals surface area (Å²) in [5.41, 5.74) is 0. The van der Waals surface area contributed by atoms with Crippen molar-refractivity contribution in [2.24, 2.45) is 0 Å². The number of carboxylic acid groups (broad SMARTS) is 1. The fraction of sp³-hybridized carbons (Fsp3) is 0.800. The van der Waals surface area contributed by atoms with Gasteiger partial charge in [-0.1, -0.05) is 90.4 Å². The SMILES string of the molecule is CCCCCCCCCCCCCCCCOC(=O)/C=C/C(=O)O.[H-].[K+]. The third kappa shape index (κ3) is 24.3. The molecule has 5 heteroatoms. The van der Waals surface area contributed by atoms with Gasteiger partial charge in [0, 0.05) is 12.2 Å². The summed E-state index contributed by atoms with van der Waals surface area (Å²) in [5.74, 6) is -1.71. The first-order chi connectivity index (χ1) is 11.7. The van der Waals surface area contributed by atoms with Crippen LogP contribution in [0.25, 0.3) is 0 Å². The molecule has 0 fully saturated rings. The van der Waals surface area contributed by atoms with Crippen molar-refractivity contribution >= 4 is 11.9 Å². The molecule has 0 aromatic rings. The average Bonchev–Trinajstić information content (AvgIpc) is 2.56. The number of carbonyl (C=O) groups excluding carboxylic acids is 1. The molecule has 0 radical (unpaired) electrons. The Morgan fingerprint density at radius 3 is 1.56 bits per heavy atom. The minimum absolute atomic E-state index is 0. The van der Waals surface area contributed by atoms with Crippen molar-refractivity contribution in [2.45, 2.75) is 96.8 Å². The van der Waals surface area contributed by atoms with Gasteiger partial charge < -0.3 is 11.3 Å². The molecule has 142 valence electrons. The Morgan fingerprint density at radius 2 is 1.16 bits per heavy atom. The summed E-state index contributed by atoms with van der Waals surface area (Å²) in [7, 11) is 0. The zero-order valence-electron chi connectivity index (χ0n) is 17.4. The van der Waals surface area contributed by atoms with Crippen LogP contribution in [0.1, 0.15) is 98.2 Å². The first-order valence-corrected chi connectivity index (χ1v) is 9.74. The van der Waals surface area contributed by atoms with E-state index in [-0.39, 0.29) is 52.8 Å². The Bertz CT molecular complexity index is 349. The number of rotatable bonds is 17. The van der Waals surface area contributed by atoms with E-state index in [1.54, 1.807) is 0 Å². The molecule has 0 aliphatic heterocycles. The van der Waals surface area contributed by atoms with Crippen molar-refractivity contribution < 1.29 is 72.2 Å². The Morgan fingerprint density at radius 1 is 0.760 bits per heavy atom. The smallest absolute Gasteiger partial charge is 1.00 e. The minimum Gasteiger partial charge on any atom is -1.00 e. The van der Waals surface area contributed by atoms with E-state index in [0.717, 1.165) is 25.0 Å². The quantitative estimate of drug-likeness (QED) is 0.182. The number of carbonyl (C=O) groups is 2. The topological polar surface area (TPSA) is 63.6 Å². The number of esters is 1. The molecular formula is C20H37KO4. The maximum absolute atomic E-state index is 11.1. The molecule has 25 heavy (non-hydrogen) atoms. The van der Waals surface area contributed by atoms with Crippen molar-refractivity contribution in [2.75, 3.05) is 6.61 Å². The molecule has 0 unspecified atom stereocenters. The van der Waals surface area contributed by atoms with Gasteiger partial charge in [0.25, 0.3) is 0 Å². The number of carboxylic acids is 1. The van der Waals surface area contributed by atoms with Crippen LogP contribution < -0.4 is 51.4 Å². The van der Waals surface area contributed by atoms with E-state index in [4.69, 9.17) is 9.84 Å². The third-order valence-electron chi connectivity index (χ3n) is 4.10. The number of aliphatic carboxylic acids is 1. The molecule has 4 nitrogen and oxygen atoms in total. The zero-order valence-corrected chi connectivity index (χ0v) is 19.6. The molecule has 0 saturated carbocycles. The van der Waals surface area contributed by atoms with Crippen LogP contribution in [-0.4, -0.2) is 23.7 Å². The van der Waals surface area contributed by atoms with Crippen molar-refractivity contribution in [3.63, 3.8) is 0 Å². The van der Waals surface area contributed by atoms with E-state index in [1.807, 2.05) is 0 Å². The number of hydrogen-bond donors (Lipinski definition) is 1. The van der Waals surface area contributed by atoms with Crippen molar-refractivity contribution in [1.82, 2.24) is 0 Å². The van der Waals surface area contributed by atoms with Gasteiger partial charge in [-0.3, -0.25) is 0 Å². The van der Waals surface area contributed by atoms with Gasteiger partial charge in [0.1, 0.15) is 0 Å². The normalized spacial score (nSPS) is 10.6. The van der Waals surface area contributed by atoms with E-state index in [2.05, 4.69) is 6.92 Å². The van der Waals surface area contributed by atoms with Gasteiger partial charge in [-0.05, 0) is 6.42 Å². The third-order valence-corrected chi connectivity index (χ3v) is 4.10. The summed E-state index contributed by atoms with van der Waals surface area (Å²) in [5, 5.41) is 8.37. The molecule has 0 atom stereocenters. The second kappa shape index (κ2) is 22.4. The van der Waals surface area contributed by atoms with Crippen LogP contribution in [0.4, 0.5) is 0 Å². The predicted molar refractivity (Wildman–Crippen MR) is 99.2 cm³/mol. The van der Waals surface area contributed by atoms with Gasteiger partial charge in [-0.15, -0.1) is 0 Å². The van der Waals surface area contributed by atoms with Crippen LogP contribution in [0.3, 0.4) is 0 Å². The molecule has 1 N–H and O–H groups in total. The van der Waals surface area contributed by atoms with Gasteiger partial charge in [-0.25, -0.2) is 9.59 Å². The Labute approximate surface area is 198 Å². The molecule has 0 bridgehead atoms. The zero-order chi connectivity index (χ0) is 17.9. The number of unbranched alkanes of at least 4 members (excludes halogenated alkanes) is 13. The molecular weight excluding hydrogens is 343 g/mol. The molecule has 0 saturated heterocycles. The van der Waals surface area contributed by atoms with Gasteiger partial charge in [0.05, 0.1) is 6.61 Å². The summed E-state index contributed by atoms with van der Waals surface area (Å²) >= 11 is 0. The van der Waals surface area contributed by atoms with Gasteiger partial charge in [0.15, 0.2) is 0 Å². The molecule has 0 rings (SSSR count). The first-order valence-electron chi connectivity index (χ1n) is 9.74. The van der Waals surface area contributed by atoms with Crippen LogP contribution in [0.2, 0.25) is 0 Å². The van der Waals surface area contributed by atoms with Crippen molar-refractivity contribution in [1.29, 1.82) is 0 Å². The van der Waals surface area contributed by atoms with E-state index < -0.39 is 11.9 Å². The number of ether oxygens (including phenoxy) is 1. The van der Waals surface area contributed by atoms with E-state index in [9.17, 15) is 9.59 Å². The summed E-state index contributed by atoms with van der Waals surface area (Å²) in [6.45, 7) is 2.63. The average molecular weight is 381 g/mol. The van der Waals surface area contributed by atoms with Crippen LogP contribution in [0.5, 0.6) is 0 Å². The monoisotopic (exact) mass is 380 g/mol. The first kappa shape index (κ1) is 27.5. The molecule has 0 heterocycles. The summed E-state index contributed by atoms with van der Waals surface area (Å²) in [6.07, 6.45) is 19.8. The van der Waals surface area contributed by atoms with Crippen LogP contribution >= 0.6 is 0 Å². The second-order valence-electron chi connectivity index (χ2n) is 6.44. The minimum atomic E-state index is -1.14. The maximum Gasteiger partial charge on any atom is 1.00 e. The molecule has 0 aliphatic rings. The molecule has 0 aliphatic carbocycles. The summed E-state index contributed by atoms with van der Waals surface area (Å²) in [6, 6.07) is 0. The molecule has 0 aromatic carbocycles. The maximum atomic E-state index is 11.1. The standard InChI is InChI=1S/C20H36O4.K.H/c1-2-3-4-5-6-7-8-9-10-11-12-13-14-15-18-24-20(23)17-16-19(21)22;;/h16-17H,2-15,18H2,1H3,(H,21,22);;/q;+1;-1/b17-16+;;. The second-order valence-corrected chi connectivity index (χ2v) is 6.44. The largest absolute Gasteiger partial charge is 1.00 e. The fourth-order valence-corrected chi connectivity index (χ4v) is 2.66. The summed E-state index contributed by atoms with van der Waals surface area (Å²) < 4.78 is 4.91. The van der Waals surface area contributed by atoms with Gasteiger partial charge >= 0.3 is 63.3 Å². The van der Waals surface area contributed by atoms with Crippen LogP contribution in [0, 0.1) is 0 Å². The summed E-state index contributed by atoms with van der Waals surface area (Å²) in [4.78, 5) is 21.3. The van der Waals surface area contributed by atoms with Crippen LogP contribution in [-0.2, 0) is 14.3 Å². The molecule has 0 spiro atoms. The van der Waals surface area contributed by atoms with Crippen molar-refractivity contribution in [3.8, 4) is 0 Å². The van der Waals surface area contributed by atoms with Gasteiger partial charge in [0.2, 0.25) is 0 Å². The Kier molecular flexibility index (Phi) is 24.6. The molecule has 0 amide bonds.